The van der Waals surface area contributed by atoms with Gasteiger partial charge >= 0.3 is 0 Å². The molecule has 1 aliphatic carbocycles. The van der Waals surface area contributed by atoms with Crippen LogP contribution in [0.15, 0.2) is 28.7 Å². The molecule has 3 nitrogen and oxygen atoms in total. The van der Waals surface area contributed by atoms with Crippen LogP contribution in [-0.2, 0) is 0 Å². The van der Waals surface area contributed by atoms with Gasteiger partial charge in [0.25, 0.3) is 5.91 Å². The zero-order valence-corrected chi connectivity index (χ0v) is 12.5. The number of benzene rings is 1. The van der Waals surface area contributed by atoms with Crippen LogP contribution in [-0.4, -0.2) is 18.0 Å². The summed E-state index contributed by atoms with van der Waals surface area (Å²) in [6.45, 7) is 0.517. The standard InChI is InChI=1S/C13H17BrN2O.ClH/c14-11-6-2-1-5-10(11)12(17)16-13(9-15)7-3-4-8-13;/h1-2,5-6H,3-4,7-9,15H2,(H,16,17);1H. The number of hydrogen-bond acceptors (Lipinski definition) is 2. The van der Waals surface area contributed by atoms with Gasteiger partial charge in [0.15, 0.2) is 0 Å². The summed E-state index contributed by atoms with van der Waals surface area (Å²) in [5.74, 6) is -0.0372. The molecule has 18 heavy (non-hydrogen) atoms. The van der Waals surface area contributed by atoms with E-state index in [2.05, 4.69) is 21.2 Å². The lowest BCUT2D eigenvalue weighted by molar-refractivity contribution is 0.0902. The highest BCUT2D eigenvalue weighted by molar-refractivity contribution is 9.10. The van der Waals surface area contributed by atoms with Crippen molar-refractivity contribution in [2.45, 2.75) is 31.2 Å². The fraction of sp³-hybridized carbons (Fsp3) is 0.462. The van der Waals surface area contributed by atoms with Gasteiger partial charge in [0.1, 0.15) is 0 Å². The fourth-order valence-corrected chi connectivity index (χ4v) is 2.85. The molecule has 100 valence electrons. The van der Waals surface area contributed by atoms with Crippen molar-refractivity contribution >= 4 is 34.2 Å². The average molecular weight is 334 g/mol. The van der Waals surface area contributed by atoms with E-state index in [0.717, 1.165) is 30.2 Å². The minimum atomic E-state index is -0.188. The van der Waals surface area contributed by atoms with Gasteiger partial charge in [-0.05, 0) is 40.9 Å². The van der Waals surface area contributed by atoms with Crippen LogP contribution in [0.25, 0.3) is 0 Å². The Morgan fingerprint density at radius 2 is 1.94 bits per heavy atom. The van der Waals surface area contributed by atoms with E-state index in [9.17, 15) is 4.79 Å². The third kappa shape index (κ3) is 3.25. The number of nitrogens with two attached hydrogens (primary N) is 1. The van der Waals surface area contributed by atoms with Crippen molar-refractivity contribution in [3.8, 4) is 0 Å². The van der Waals surface area contributed by atoms with Gasteiger partial charge in [-0.1, -0.05) is 25.0 Å². The van der Waals surface area contributed by atoms with E-state index >= 15 is 0 Å². The maximum absolute atomic E-state index is 12.2. The Kier molecular flexibility index (Phi) is 5.63. The average Bonchev–Trinajstić information content (AvgIpc) is 2.79. The van der Waals surface area contributed by atoms with E-state index in [1.807, 2.05) is 24.3 Å². The van der Waals surface area contributed by atoms with E-state index in [1.54, 1.807) is 0 Å². The van der Waals surface area contributed by atoms with Crippen LogP contribution in [0.3, 0.4) is 0 Å². The summed E-state index contributed by atoms with van der Waals surface area (Å²) >= 11 is 3.39. The zero-order chi connectivity index (χ0) is 12.3. The molecule has 0 atom stereocenters. The first kappa shape index (κ1) is 15.5. The summed E-state index contributed by atoms with van der Waals surface area (Å²) < 4.78 is 0.822. The summed E-state index contributed by atoms with van der Waals surface area (Å²) in [5, 5.41) is 3.11. The van der Waals surface area contributed by atoms with Crippen LogP contribution in [0.5, 0.6) is 0 Å². The molecule has 1 amide bonds. The second kappa shape index (κ2) is 6.55. The second-order valence-electron chi connectivity index (χ2n) is 4.63. The number of hydrogen-bond donors (Lipinski definition) is 2. The molecule has 2 rings (SSSR count). The van der Waals surface area contributed by atoms with Gasteiger partial charge in [-0.15, -0.1) is 12.4 Å². The third-order valence-corrected chi connectivity index (χ3v) is 4.14. The molecule has 1 saturated carbocycles. The molecule has 1 fully saturated rings. The number of carbonyl (C=O) groups is 1. The Morgan fingerprint density at radius 1 is 1.33 bits per heavy atom. The van der Waals surface area contributed by atoms with Crippen LogP contribution < -0.4 is 11.1 Å². The molecule has 0 radical (unpaired) electrons. The van der Waals surface area contributed by atoms with Crippen LogP contribution in [0.4, 0.5) is 0 Å². The number of carbonyl (C=O) groups excluding carboxylic acids is 1. The van der Waals surface area contributed by atoms with Crippen LogP contribution >= 0.6 is 28.3 Å². The highest BCUT2D eigenvalue weighted by atomic mass is 79.9. The Balaban J connectivity index is 0.00000162. The molecule has 0 aromatic heterocycles. The van der Waals surface area contributed by atoms with E-state index < -0.39 is 0 Å². The first-order valence-electron chi connectivity index (χ1n) is 5.94. The van der Waals surface area contributed by atoms with Crippen molar-refractivity contribution in [1.82, 2.24) is 5.32 Å². The maximum Gasteiger partial charge on any atom is 0.252 e. The Hall–Kier alpha value is -0.580. The molecule has 1 aromatic carbocycles. The van der Waals surface area contributed by atoms with Crippen LogP contribution in [0.2, 0.25) is 0 Å². The molecule has 0 spiro atoms. The van der Waals surface area contributed by atoms with Gasteiger partial charge in [-0.2, -0.15) is 0 Å². The van der Waals surface area contributed by atoms with Crippen molar-refractivity contribution in [3.05, 3.63) is 34.3 Å². The normalized spacial score (nSPS) is 17.0. The highest BCUT2D eigenvalue weighted by Crippen LogP contribution is 2.29. The molecular weight excluding hydrogens is 316 g/mol. The van der Waals surface area contributed by atoms with E-state index in [-0.39, 0.29) is 23.9 Å². The Bertz CT molecular complexity index is 419. The fourth-order valence-electron chi connectivity index (χ4n) is 2.39. The van der Waals surface area contributed by atoms with Crippen molar-refractivity contribution in [2.24, 2.45) is 5.73 Å². The van der Waals surface area contributed by atoms with Gasteiger partial charge < -0.3 is 11.1 Å². The van der Waals surface area contributed by atoms with Gasteiger partial charge in [0, 0.05) is 11.0 Å². The molecule has 0 heterocycles. The van der Waals surface area contributed by atoms with Gasteiger partial charge in [0.2, 0.25) is 0 Å². The summed E-state index contributed by atoms with van der Waals surface area (Å²) in [6, 6.07) is 7.45. The largest absolute Gasteiger partial charge is 0.345 e. The van der Waals surface area contributed by atoms with Crippen LogP contribution in [0.1, 0.15) is 36.0 Å². The number of rotatable bonds is 3. The SMILES string of the molecule is Cl.NCC1(NC(=O)c2ccccc2Br)CCCC1. The molecular formula is C13H18BrClN2O. The third-order valence-electron chi connectivity index (χ3n) is 3.45. The molecule has 3 N–H and O–H groups in total. The lowest BCUT2D eigenvalue weighted by Gasteiger charge is -2.28. The molecule has 0 saturated heterocycles. The van der Waals surface area contributed by atoms with E-state index in [0.29, 0.717) is 12.1 Å². The Labute approximate surface area is 122 Å². The van der Waals surface area contributed by atoms with Crippen molar-refractivity contribution in [3.63, 3.8) is 0 Å². The monoisotopic (exact) mass is 332 g/mol. The first-order chi connectivity index (χ1) is 8.17. The molecule has 0 aliphatic heterocycles. The molecule has 0 bridgehead atoms. The number of nitrogens with one attached hydrogen (secondary N) is 1. The van der Waals surface area contributed by atoms with E-state index in [4.69, 9.17) is 5.73 Å². The van der Waals surface area contributed by atoms with Gasteiger partial charge in [0.05, 0.1) is 11.1 Å². The lowest BCUT2D eigenvalue weighted by atomic mass is 9.97. The summed E-state index contributed by atoms with van der Waals surface area (Å²) in [4.78, 5) is 12.2. The molecule has 5 heteroatoms. The zero-order valence-electron chi connectivity index (χ0n) is 10.1. The number of amides is 1. The Morgan fingerprint density at radius 3 is 2.50 bits per heavy atom. The van der Waals surface area contributed by atoms with Crippen LogP contribution in [0, 0.1) is 0 Å². The minimum Gasteiger partial charge on any atom is -0.345 e. The topological polar surface area (TPSA) is 55.1 Å². The number of halogens is 2. The lowest BCUT2D eigenvalue weighted by Crippen LogP contribution is -2.51. The van der Waals surface area contributed by atoms with Gasteiger partial charge in [-0.3, -0.25) is 4.79 Å². The molecule has 0 unspecified atom stereocenters. The molecule has 1 aliphatic rings. The van der Waals surface area contributed by atoms with Crippen molar-refractivity contribution in [1.29, 1.82) is 0 Å². The molecule has 1 aromatic rings. The summed E-state index contributed by atoms with van der Waals surface area (Å²) in [5.41, 5.74) is 6.29. The van der Waals surface area contributed by atoms with Crippen molar-refractivity contribution in [2.75, 3.05) is 6.54 Å². The maximum atomic E-state index is 12.2. The minimum absolute atomic E-state index is 0. The summed E-state index contributed by atoms with van der Waals surface area (Å²) in [7, 11) is 0. The first-order valence-corrected chi connectivity index (χ1v) is 6.73. The summed E-state index contributed by atoms with van der Waals surface area (Å²) in [6.07, 6.45) is 4.26. The highest BCUT2D eigenvalue weighted by Gasteiger charge is 2.34. The predicted molar refractivity (Wildman–Crippen MR) is 79.1 cm³/mol. The quantitative estimate of drug-likeness (QED) is 0.893. The van der Waals surface area contributed by atoms with E-state index in [1.165, 1.54) is 0 Å². The smallest absolute Gasteiger partial charge is 0.252 e. The van der Waals surface area contributed by atoms with Gasteiger partial charge in [-0.25, -0.2) is 0 Å². The van der Waals surface area contributed by atoms with Crippen molar-refractivity contribution < 1.29 is 4.79 Å². The predicted octanol–water partition coefficient (Wildman–Crippen LogP) is 2.87. The second-order valence-corrected chi connectivity index (χ2v) is 5.48.